The van der Waals surface area contributed by atoms with Crippen molar-refractivity contribution in [1.82, 2.24) is 0 Å². The molecule has 1 heterocycles. The van der Waals surface area contributed by atoms with E-state index in [1.807, 2.05) is 0 Å². The summed E-state index contributed by atoms with van der Waals surface area (Å²) in [6.45, 7) is 1.74. The average molecular weight is 408 g/mol. The lowest BCUT2D eigenvalue weighted by Crippen LogP contribution is -2.16. The standard InChI is InChI=1S/C19H21NO5S2/c1-11-8-9-12(27(3,23)24)10-14(11)17(21)20-18-16(19(22)25-2)13-6-4-5-7-15(13)26-18/h8-10H,4-7H2,1-3H3,(H,20,21). The van der Waals surface area contributed by atoms with Gasteiger partial charge in [-0.3, -0.25) is 4.79 Å². The number of hydrogen-bond acceptors (Lipinski definition) is 6. The molecule has 2 aromatic rings. The lowest BCUT2D eigenvalue weighted by Gasteiger charge is -2.12. The lowest BCUT2D eigenvalue weighted by molar-refractivity contribution is 0.0601. The summed E-state index contributed by atoms with van der Waals surface area (Å²) in [7, 11) is -2.11. The summed E-state index contributed by atoms with van der Waals surface area (Å²) in [6.07, 6.45) is 4.81. The van der Waals surface area contributed by atoms with E-state index in [4.69, 9.17) is 4.74 Å². The molecule has 0 saturated heterocycles. The van der Waals surface area contributed by atoms with E-state index in [2.05, 4.69) is 5.32 Å². The Kier molecular flexibility index (Phi) is 5.39. The van der Waals surface area contributed by atoms with Crippen molar-refractivity contribution in [3.05, 3.63) is 45.3 Å². The molecular formula is C19H21NO5S2. The predicted molar refractivity (Wildman–Crippen MR) is 105 cm³/mol. The van der Waals surface area contributed by atoms with Gasteiger partial charge in [-0.2, -0.15) is 0 Å². The maximum Gasteiger partial charge on any atom is 0.341 e. The van der Waals surface area contributed by atoms with Crippen LogP contribution in [0.1, 0.15) is 49.6 Å². The molecule has 0 atom stereocenters. The molecule has 0 spiro atoms. The van der Waals surface area contributed by atoms with E-state index in [1.54, 1.807) is 13.0 Å². The number of nitrogens with one attached hydrogen (secondary N) is 1. The van der Waals surface area contributed by atoms with Crippen LogP contribution in [0.5, 0.6) is 0 Å². The van der Waals surface area contributed by atoms with E-state index in [0.29, 0.717) is 16.1 Å². The van der Waals surface area contributed by atoms with Gasteiger partial charge >= 0.3 is 5.97 Å². The van der Waals surface area contributed by atoms with Crippen LogP contribution in [0.25, 0.3) is 0 Å². The maximum absolute atomic E-state index is 12.8. The number of carbonyl (C=O) groups excluding carboxylic acids is 2. The van der Waals surface area contributed by atoms with Gasteiger partial charge in [0.15, 0.2) is 9.84 Å². The number of anilines is 1. The second kappa shape index (κ2) is 7.44. The zero-order chi connectivity index (χ0) is 19.8. The third kappa shape index (κ3) is 3.91. The SMILES string of the molecule is COC(=O)c1c(NC(=O)c2cc(S(C)(=O)=O)ccc2C)sc2c1CCCC2. The van der Waals surface area contributed by atoms with Crippen molar-refractivity contribution in [1.29, 1.82) is 0 Å². The minimum atomic E-state index is -3.43. The number of thiophene rings is 1. The fourth-order valence-electron chi connectivity index (χ4n) is 3.22. The average Bonchev–Trinajstić information content (AvgIpc) is 2.98. The molecule has 27 heavy (non-hydrogen) atoms. The quantitative estimate of drug-likeness (QED) is 0.785. The number of benzene rings is 1. The minimum Gasteiger partial charge on any atom is -0.465 e. The van der Waals surface area contributed by atoms with Gasteiger partial charge in [0.05, 0.1) is 17.6 Å². The molecule has 0 unspecified atom stereocenters. The second-order valence-electron chi connectivity index (χ2n) is 6.61. The molecule has 0 bridgehead atoms. The van der Waals surface area contributed by atoms with Crippen LogP contribution in [-0.4, -0.2) is 33.7 Å². The summed E-state index contributed by atoms with van der Waals surface area (Å²) in [5.41, 5.74) is 2.29. The molecule has 0 aliphatic heterocycles. The van der Waals surface area contributed by atoms with Crippen LogP contribution in [0, 0.1) is 6.92 Å². The van der Waals surface area contributed by atoms with Gasteiger partial charge in [0, 0.05) is 16.7 Å². The summed E-state index contributed by atoms with van der Waals surface area (Å²) in [4.78, 5) is 26.3. The van der Waals surface area contributed by atoms with Crippen molar-refractivity contribution >= 4 is 38.1 Å². The van der Waals surface area contributed by atoms with E-state index in [0.717, 1.165) is 42.4 Å². The number of fused-ring (bicyclic) bond motifs is 1. The summed E-state index contributed by atoms with van der Waals surface area (Å²) >= 11 is 1.39. The van der Waals surface area contributed by atoms with Crippen LogP contribution >= 0.6 is 11.3 Å². The van der Waals surface area contributed by atoms with Gasteiger partial charge < -0.3 is 10.1 Å². The Balaban J connectivity index is 2.00. The summed E-state index contributed by atoms with van der Waals surface area (Å²) in [5.74, 6) is -0.909. The van der Waals surface area contributed by atoms with Gasteiger partial charge in [-0.1, -0.05) is 6.07 Å². The number of sulfone groups is 1. The highest BCUT2D eigenvalue weighted by molar-refractivity contribution is 7.90. The van der Waals surface area contributed by atoms with Crippen LogP contribution < -0.4 is 5.32 Å². The topological polar surface area (TPSA) is 89.5 Å². The van der Waals surface area contributed by atoms with E-state index in [-0.39, 0.29) is 10.5 Å². The van der Waals surface area contributed by atoms with E-state index in [9.17, 15) is 18.0 Å². The summed E-state index contributed by atoms with van der Waals surface area (Å²) in [6, 6.07) is 4.45. The van der Waals surface area contributed by atoms with Crippen molar-refractivity contribution in [3.63, 3.8) is 0 Å². The first kappa shape index (κ1) is 19.6. The molecule has 0 radical (unpaired) electrons. The molecule has 1 aromatic carbocycles. The Morgan fingerprint density at radius 1 is 1.19 bits per heavy atom. The third-order valence-electron chi connectivity index (χ3n) is 4.67. The van der Waals surface area contributed by atoms with Gasteiger partial charge in [0.2, 0.25) is 0 Å². The Hall–Kier alpha value is -2.19. The molecule has 3 rings (SSSR count). The molecule has 0 fully saturated rings. The Morgan fingerprint density at radius 2 is 1.89 bits per heavy atom. The molecule has 1 amide bonds. The highest BCUT2D eigenvalue weighted by Crippen LogP contribution is 2.38. The first-order chi connectivity index (χ1) is 12.7. The highest BCUT2D eigenvalue weighted by Gasteiger charge is 2.27. The molecule has 1 N–H and O–H groups in total. The van der Waals surface area contributed by atoms with Gasteiger partial charge in [-0.05, 0) is 55.9 Å². The molecule has 1 aliphatic carbocycles. The molecule has 6 nitrogen and oxygen atoms in total. The molecule has 0 saturated carbocycles. The summed E-state index contributed by atoms with van der Waals surface area (Å²) in [5, 5.41) is 3.26. The predicted octanol–water partition coefficient (Wildman–Crippen LogP) is 3.38. The molecule has 1 aliphatic rings. The molecule has 144 valence electrons. The van der Waals surface area contributed by atoms with Gasteiger partial charge in [-0.15, -0.1) is 11.3 Å². The zero-order valence-electron chi connectivity index (χ0n) is 15.4. The molecular weight excluding hydrogens is 386 g/mol. The number of methoxy groups -OCH3 is 1. The smallest absolute Gasteiger partial charge is 0.341 e. The fraction of sp³-hybridized carbons (Fsp3) is 0.368. The van der Waals surface area contributed by atoms with Crippen LogP contribution in [0.15, 0.2) is 23.1 Å². The molecule has 1 aromatic heterocycles. The van der Waals surface area contributed by atoms with Crippen LogP contribution in [0.3, 0.4) is 0 Å². The summed E-state index contributed by atoms with van der Waals surface area (Å²) < 4.78 is 28.5. The van der Waals surface area contributed by atoms with Gasteiger partial charge in [-0.25, -0.2) is 13.2 Å². The Morgan fingerprint density at radius 3 is 2.56 bits per heavy atom. The van der Waals surface area contributed by atoms with E-state index < -0.39 is 21.7 Å². The Labute approximate surface area is 162 Å². The van der Waals surface area contributed by atoms with Crippen molar-refractivity contribution in [2.24, 2.45) is 0 Å². The lowest BCUT2D eigenvalue weighted by atomic mass is 9.95. The normalized spacial score (nSPS) is 13.7. The number of ether oxygens (including phenoxy) is 1. The first-order valence-electron chi connectivity index (χ1n) is 8.57. The number of carbonyl (C=O) groups is 2. The van der Waals surface area contributed by atoms with Crippen molar-refractivity contribution in [3.8, 4) is 0 Å². The van der Waals surface area contributed by atoms with Gasteiger partial charge in [0.25, 0.3) is 5.91 Å². The number of hydrogen-bond donors (Lipinski definition) is 1. The monoisotopic (exact) mass is 407 g/mol. The first-order valence-corrected chi connectivity index (χ1v) is 11.3. The second-order valence-corrected chi connectivity index (χ2v) is 9.73. The van der Waals surface area contributed by atoms with Crippen LogP contribution in [-0.2, 0) is 27.4 Å². The van der Waals surface area contributed by atoms with Crippen molar-refractivity contribution in [2.75, 3.05) is 18.7 Å². The van der Waals surface area contributed by atoms with Crippen molar-refractivity contribution in [2.45, 2.75) is 37.5 Å². The van der Waals surface area contributed by atoms with E-state index >= 15 is 0 Å². The van der Waals surface area contributed by atoms with Crippen LogP contribution in [0.4, 0.5) is 5.00 Å². The van der Waals surface area contributed by atoms with Crippen LogP contribution in [0.2, 0.25) is 0 Å². The number of aryl methyl sites for hydroxylation is 2. The highest BCUT2D eigenvalue weighted by atomic mass is 32.2. The van der Waals surface area contributed by atoms with E-state index in [1.165, 1.54) is 30.6 Å². The Bertz CT molecular complexity index is 1020. The van der Waals surface area contributed by atoms with Gasteiger partial charge in [0.1, 0.15) is 5.00 Å². The maximum atomic E-state index is 12.8. The molecule has 8 heteroatoms. The minimum absolute atomic E-state index is 0.0805. The number of rotatable bonds is 4. The number of amides is 1. The van der Waals surface area contributed by atoms with Crippen molar-refractivity contribution < 1.29 is 22.7 Å². The fourth-order valence-corrected chi connectivity index (χ4v) is 5.14. The third-order valence-corrected chi connectivity index (χ3v) is 6.99. The largest absolute Gasteiger partial charge is 0.465 e. The number of esters is 1. The zero-order valence-corrected chi connectivity index (χ0v) is 17.1.